The van der Waals surface area contributed by atoms with Crippen molar-refractivity contribution in [2.75, 3.05) is 0 Å². The fourth-order valence-electron chi connectivity index (χ4n) is 5.12. The van der Waals surface area contributed by atoms with Gasteiger partial charge in [-0.1, -0.05) is 13.8 Å². The third kappa shape index (κ3) is 6.50. The Kier molecular flexibility index (Phi) is 8.05. The van der Waals surface area contributed by atoms with Crippen LogP contribution in [-0.2, 0) is 28.4 Å². The van der Waals surface area contributed by atoms with Gasteiger partial charge in [-0.3, -0.25) is 0 Å². The molecule has 0 radical (unpaired) electrons. The van der Waals surface area contributed by atoms with Crippen molar-refractivity contribution < 1.29 is 37.5 Å². The number of fused-ring (bicyclic) bond motifs is 2. The predicted molar refractivity (Wildman–Crippen MR) is 130 cm³/mol. The Hall–Kier alpha value is -1.36. The molecule has 0 bridgehead atoms. The molecule has 0 aromatic heterocycles. The molecule has 196 valence electrons. The van der Waals surface area contributed by atoms with Gasteiger partial charge < -0.3 is 33.2 Å². The summed E-state index contributed by atoms with van der Waals surface area (Å²) in [5.41, 5.74) is 0.0496. The first-order valence-electron chi connectivity index (χ1n) is 12.5. The molecule has 35 heavy (non-hydrogen) atoms. The first-order valence-corrected chi connectivity index (χ1v) is 12.9. The second-order valence-corrected chi connectivity index (χ2v) is 10.9. The number of thiocarbonyl (C=S) groups is 1. The molecule has 4 aliphatic heterocycles. The Morgan fingerprint density at radius 3 is 2.34 bits per heavy atom. The summed E-state index contributed by atoms with van der Waals surface area (Å²) in [7, 11) is 0. The summed E-state index contributed by atoms with van der Waals surface area (Å²) < 4.78 is 52.9. The van der Waals surface area contributed by atoms with E-state index in [1.165, 1.54) is 30.7 Å². The highest BCUT2D eigenvalue weighted by molar-refractivity contribution is 7.79. The number of hydrogen-bond acceptors (Lipinski definition) is 8. The molecule has 0 amide bonds. The third-order valence-electron chi connectivity index (χ3n) is 6.66. The van der Waals surface area contributed by atoms with Crippen LogP contribution in [-0.4, -0.2) is 53.6 Å². The lowest BCUT2D eigenvalue weighted by Gasteiger charge is -2.25. The van der Waals surface area contributed by atoms with Crippen LogP contribution in [0.25, 0.3) is 0 Å². The highest BCUT2D eigenvalue weighted by Crippen LogP contribution is 2.43. The second-order valence-electron chi connectivity index (χ2n) is 10.6. The quantitative estimate of drug-likeness (QED) is 0.491. The number of hydrogen-bond donors (Lipinski definition) is 0. The molecule has 0 unspecified atom stereocenters. The Balaban J connectivity index is 0.000000201. The van der Waals surface area contributed by atoms with Gasteiger partial charge in [0.2, 0.25) is 0 Å². The Labute approximate surface area is 212 Å². The van der Waals surface area contributed by atoms with Gasteiger partial charge in [0.1, 0.15) is 17.7 Å². The van der Waals surface area contributed by atoms with Gasteiger partial charge in [0.25, 0.3) is 0 Å². The maximum Gasteiger partial charge on any atom is 0.358 e. The van der Waals surface area contributed by atoms with E-state index < -0.39 is 18.2 Å². The fourth-order valence-corrected chi connectivity index (χ4v) is 5.32. The molecule has 0 spiro atoms. The second kappa shape index (κ2) is 10.6. The van der Waals surface area contributed by atoms with Crippen LogP contribution in [0.5, 0.6) is 5.75 Å². The highest BCUT2D eigenvalue weighted by Gasteiger charge is 2.56. The summed E-state index contributed by atoms with van der Waals surface area (Å²) in [5, 5.41) is -0.0578. The van der Waals surface area contributed by atoms with Gasteiger partial charge in [0, 0.05) is 18.1 Å². The van der Waals surface area contributed by atoms with E-state index in [0.29, 0.717) is 17.8 Å². The molecule has 5 rings (SSSR count). The number of ether oxygens (including phenoxy) is 7. The molecular formula is C26H37FO7S. The summed E-state index contributed by atoms with van der Waals surface area (Å²) in [6.07, 6.45) is 3.30. The third-order valence-corrected chi connectivity index (χ3v) is 6.84. The Bertz CT molecular complexity index is 861. The van der Waals surface area contributed by atoms with Crippen LogP contribution < -0.4 is 4.74 Å². The summed E-state index contributed by atoms with van der Waals surface area (Å²) in [6, 6.07) is 5.54. The van der Waals surface area contributed by atoms with E-state index >= 15 is 0 Å². The van der Waals surface area contributed by atoms with Crippen molar-refractivity contribution in [3.63, 3.8) is 0 Å². The molecule has 0 aliphatic carbocycles. The Morgan fingerprint density at radius 1 is 1.00 bits per heavy atom. The summed E-state index contributed by atoms with van der Waals surface area (Å²) >= 11 is 5.13. The molecule has 4 fully saturated rings. The van der Waals surface area contributed by atoms with Crippen molar-refractivity contribution in [1.29, 1.82) is 0 Å². The molecule has 9 heteroatoms. The minimum atomic E-state index is -0.727. The van der Waals surface area contributed by atoms with Crippen LogP contribution in [0.15, 0.2) is 24.3 Å². The van der Waals surface area contributed by atoms with Crippen LogP contribution in [0.4, 0.5) is 4.39 Å². The molecule has 1 aromatic rings. The van der Waals surface area contributed by atoms with Crippen LogP contribution in [0.3, 0.4) is 0 Å². The average molecular weight is 513 g/mol. The van der Waals surface area contributed by atoms with Gasteiger partial charge in [-0.05, 0) is 77.6 Å². The first kappa shape index (κ1) is 26.7. The maximum atomic E-state index is 12.9. The van der Waals surface area contributed by atoms with E-state index in [9.17, 15) is 4.39 Å². The molecule has 7 nitrogen and oxygen atoms in total. The highest BCUT2D eigenvalue weighted by atomic mass is 32.1. The first-order chi connectivity index (χ1) is 16.5. The number of rotatable bonds is 4. The topological polar surface area (TPSA) is 64.6 Å². The van der Waals surface area contributed by atoms with Crippen LogP contribution >= 0.6 is 12.2 Å². The van der Waals surface area contributed by atoms with Crippen molar-refractivity contribution in [3.05, 3.63) is 30.1 Å². The van der Waals surface area contributed by atoms with Crippen molar-refractivity contribution in [3.8, 4) is 5.75 Å². The van der Waals surface area contributed by atoms with Gasteiger partial charge in [0.05, 0.1) is 11.7 Å². The van der Waals surface area contributed by atoms with Gasteiger partial charge in [-0.25, -0.2) is 4.39 Å². The monoisotopic (exact) mass is 512 g/mol. The zero-order valence-electron chi connectivity index (χ0n) is 21.3. The van der Waals surface area contributed by atoms with Gasteiger partial charge in [-0.15, -0.1) is 0 Å². The molecule has 7 atom stereocenters. The van der Waals surface area contributed by atoms with E-state index in [1.54, 1.807) is 0 Å². The van der Waals surface area contributed by atoms with Crippen LogP contribution in [0, 0.1) is 11.7 Å². The zero-order valence-corrected chi connectivity index (χ0v) is 22.1. The van der Waals surface area contributed by atoms with Gasteiger partial charge >= 0.3 is 5.24 Å². The van der Waals surface area contributed by atoms with Crippen LogP contribution in [0.1, 0.15) is 67.2 Å². The normalized spacial score (nSPS) is 36.1. The zero-order chi connectivity index (χ0) is 25.4. The lowest BCUT2D eigenvalue weighted by Crippen LogP contribution is -2.38. The summed E-state index contributed by atoms with van der Waals surface area (Å²) in [6.45, 7) is 12.1. The van der Waals surface area contributed by atoms with Crippen molar-refractivity contribution >= 4 is 17.5 Å². The SMILES string of the molecule is CC[C@@H]1C[C@H]2CC(C)(C)O[C@H]2O1.CC[C@H]1O[C@@H]2OC(C)(C)O[C@@H]2[C@H]1OC(=S)Oc1ccc(F)cc1. The fraction of sp³-hybridized carbons (Fsp3) is 0.731. The molecule has 0 saturated carbocycles. The minimum Gasteiger partial charge on any atom is -0.447 e. The lowest BCUT2D eigenvalue weighted by atomic mass is 9.94. The maximum absolute atomic E-state index is 12.9. The minimum absolute atomic E-state index is 0.0496. The molecule has 4 saturated heterocycles. The smallest absolute Gasteiger partial charge is 0.358 e. The number of benzene rings is 1. The predicted octanol–water partition coefficient (Wildman–Crippen LogP) is 5.49. The summed E-state index contributed by atoms with van der Waals surface area (Å²) in [5.74, 6) is -0.00970. The molecular weight excluding hydrogens is 475 g/mol. The van der Waals surface area contributed by atoms with Gasteiger partial charge in [0.15, 0.2) is 30.6 Å². The number of halogens is 1. The molecule has 4 aliphatic rings. The van der Waals surface area contributed by atoms with E-state index in [-0.39, 0.29) is 35.2 Å². The molecule has 0 N–H and O–H groups in total. The molecule has 1 aromatic carbocycles. The van der Waals surface area contributed by atoms with E-state index in [4.69, 9.17) is 45.4 Å². The molecule has 4 heterocycles. The van der Waals surface area contributed by atoms with Crippen molar-refractivity contribution in [1.82, 2.24) is 0 Å². The van der Waals surface area contributed by atoms with Crippen molar-refractivity contribution in [2.24, 2.45) is 5.92 Å². The lowest BCUT2D eigenvalue weighted by molar-refractivity contribution is -0.214. The van der Waals surface area contributed by atoms with E-state index in [1.807, 2.05) is 20.8 Å². The largest absolute Gasteiger partial charge is 0.447 e. The average Bonchev–Trinajstić information content (AvgIpc) is 3.46. The van der Waals surface area contributed by atoms with Crippen LogP contribution in [0.2, 0.25) is 0 Å². The van der Waals surface area contributed by atoms with E-state index in [0.717, 1.165) is 19.3 Å². The van der Waals surface area contributed by atoms with E-state index in [2.05, 4.69) is 20.8 Å². The van der Waals surface area contributed by atoms with Gasteiger partial charge in [-0.2, -0.15) is 0 Å². The van der Waals surface area contributed by atoms with Crippen molar-refractivity contribution in [2.45, 2.75) is 116 Å². The Morgan fingerprint density at radius 2 is 1.71 bits per heavy atom. The standard InChI is InChI=1S/C16H19FO5S.C10H18O2/c1-4-11-12(13-14(19-11)22-16(2,3)21-13)20-15(23)18-10-7-5-9(17)6-8-10;1-4-8-5-7-6-10(2,3)12-9(7)11-8/h5-8,11-14H,4H2,1-3H3;7-9H,4-6H2,1-3H3/t11-,12+,13-,14-;7-,8+,9+/m10/s1. The summed E-state index contributed by atoms with van der Waals surface area (Å²) in [4.78, 5) is 0.